The van der Waals surface area contributed by atoms with E-state index in [-0.39, 0.29) is 11.8 Å². The van der Waals surface area contributed by atoms with Gasteiger partial charge in [0.1, 0.15) is 0 Å². The van der Waals surface area contributed by atoms with Crippen molar-refractivity contribution in [2.24, 2.45) is 0 Å². The molecule has 0 fully saturated rings. The first-order chi connectivity index (χ1) is 12.7. The molecule has 1 aliphatic heterocycles. The molecular weight excluding hydrogens is 350 g/mol. The molecule has 1 aliphatic rings. The van der Waals surface area contributed by atoms with Gasteiger partial charge in [0.15, 0.2) is 11.5 Å². The van der Waals surface area contributed by atoms with Crippen LogP contribution in [0.3, 0.4) is 0 Å². The molecular formula is C21H24ClNO3. The molecule has 2 aromatic rings. The third-order valence-electron chi connectivity index (χ3n) is 4.42. The van der Waals surface area contributed by atoms with E-state index in [9.17, 15) is 4.79 Å². The predicted molar refractivity (Wildman–Crippen MR) is 103 cm³/mol. The largest absolute Gasteiger partial charge is 0.489 e. The minimum Gasteiger partial charge on any atom is -0.489 e. The van der Waals surface area contributed by atoms with Crippen molar-refractivity contribution >= 4 is 17.5 Å². The minimum atomic E-state index is -0.142. The fraction of sp³-hybridized carbons (Fsp3) is 0.381. The monoisotopic (exact) mass is 373 g/mol. The number of ether oxygens (including phenoxy) is 2. The van der Waals surface area contributed by atoms with Gasteiger partial charge in [0, 0.05) is 13.0 Å². The van der Waals surface area contributed by atoms with Gasteiger partial charge in [-0.1, -0.05) is 55.3 Å². The number of fused-ring (bicyclic) bond motifs is 1. The van der Waals surface area contributed by atoms with Gasteiger partial charge in [-0.2, -0.15) is 0 Å². The first-order valence-electron chi connectivity index (χ1n) is 9.09. The van der Waals surface area contributed by atoms with E-state index in [2.05, 4.69) is 12.2 Å². The molecule has 1 unspecified atom stereocenters. The highest BCUT2D eigenvalue weighted by Crippen LogP contribution is 2.38. The molecule has 138 valence electrons. The molecule has 0 radical (unpaired) electrons. The average molecular weight is 374 g/mol. The molecule has 2 aromatic carbocycles. The molecule has 0 bridgehead atoms. The molecule has 1 N–H and O–H groups in total. The molecule has 0 aromatic heterocycles. The zero-order valence-corrected chi connectivity index (χ0v) is 15.7. The summed E-state index contributed by atoms with van der Waals surface area (Å²) in [5, 5.41) is 3.55. The number of rotatable bonds is 6. The van der Waals surface area contributed by atoms with Gasteiger partial charge < -0.3 is 14.8 Å². The van der Waals surface area contributed by atoms with Crippen LogP contribution in [0.25, 0.3) is 0 Å². The van der Waals surface area contributed by atoms with E-state index in [0.717, 1.165) is 30.4 Å². The van der Waals surface area contributed by atoms with Gasteiger partial charge in [-0.05, 0) is 29.7 Å². The molecule has 1 amide bonds. The van der Waals surface area contributed by atoms with Crippen LogP contribution < -0.4 is 14.8 Å². The lowest BCUT2D eigenvalue weighted by Crippen LogP contribution is -2.29. The topological polar surface area (TPSA) is 47.6 Å². The number of amides is 1. The quantitative estimate of drug-likeness (QED) is 0.798. The predicted octanol–water partition coefficient (Wildman–Crippen LogP) is 4.70. The maximum Gasteiger partial charge on any atom is 0.227 e. The van der Waals surface area contributed by atoms with E-state index in [0.29, 0.717) is 36.3 Å². The fourth-order valence-corrected chi connectivity index (χ4v) is 3.41. The van der Waals surface area contributed by atoms with Gasteiger partial charge in [0.2, 0.25) is 5.91 Å². The van der Waals surface area contributed by atoms with E-state index >= 15 is 0 Å². The molecule has 0 saturated carbocycles. The molecule has 5 heteroatoms. The third kappa shape index (κ3) is 4.50. The van der Waals surface area contributed by atoms with Crippen LogP contribution in [-0.4, -0.2) is 19.1 Å². The summed E-state index contributed by atoms with van der Waals surface area (Å²) in [4.78, 5) is 12.7. The van der Waals surface area contributed by atoms with Crippen LogP contribution >= 0.6 is 11.6 Å². The number of carbonyl (C=O) groups is 1. The number of nitrogens with one attached hydrogen (secondary N) is 1. The molecule has 4 nitrogen and oxygen atoms in total. The molecule has 3 rings (SSSR count). The van der Waals surface area contributed by atoms with Crippen LogP contribution in [0.5, 0.6) is 11.5 Å². The number of hydrogen-bond acceptors (Lipinski definition) is 3. The van der Waals surface area contributed by atoms with E-state index in [4.69, 9.17) is 21.1 Å². The maximum absolute atomic E-state index is 12.7. The Labute approximate surface area is 159 Å². The number of carbonyl (C=O) groups excluding carboxylic acids is 1. The lowest BCUT2D eigenvalue weighted by Gasteiger charge is -2.17. The lowest BCUT2D eigenvalue weighted by molar-refractivity contribution is -0.122. The Balaban J connectivity index is 1.70. The number of hydrogen-bond donors (Lipinski definition) is 1. The zero-order valence-electron chi connectivity index (χ0n) is 15.0. The van der Waals surface area contributed by atoms with Crippen molar-refractivity contribution in [3.05, 3.63) is 58.6 Å². The molecule has 0 aliphatic carbocycles. The second kappa shape index (κ2) is 8.95. The molecule has 0 spiro atoms. The van der Waals surface area contributed by atoms with Gasteiger partial charge >= 0.3 is 0 Å². The third-order valence-corrected chi connectivity index (χ3v) is 4.71. The minimum absolute atomic E-state index is 0.0290. The summed E-state index contributed by atoms with van der Waals surface area (Å²) in [6, 6.07) is 13.6. The lowest BCUT2D eigenvalue weighted by atomic mass is 9.93. The summed E-state index contributed by atoms with van der Waals surface area (Å²) in [7, 11) is 0. The van der Waals surface area contributed by atoms with Crippen molar-refractivity contribution in [2.45, 2.75) is 38.6 Å². The van der Waals surface area contributed by atoms with E-state index in [1.165, 1.54) is 0 Å². The number of halogens is 1. The van der Waals surface area contributed by atoms with E-state index < -0.39 is 0 Å². The van der Waals surface area contributed by atoms with Gasteiger partial charge in [0.05, 0.1) is 24.2 Å². The van der Waals surface area contributed by atoms with Crippen LogP contribution in [0.2, 0.25) is 5.02 Å². The second-order valence-electron chi connectivity index (χ2n) is 6.43. The summed E-state index contributed by atoms with van der Waals surface area (Å²) < 4.78 is 11.4. The summed E-state index contributed by atoms with van der Waals surface area (Å²) in [5.74, 6) is 1.12. The first-order valence-corrected chi connectivity index (χ1v) is 9.47. The summed E-state index contributed by atoms with van der Waals surface area (Å²) >= 11 is 6.33. The summed E-state index contributed by atoms with van der Waals surface area (Å²) in [5.41, 5.74) is 1.94. The Kier molecular flexibility index (Phi) is 6.40. The fourth-order valence-electron chi connectivity index (χ4n) is 3.12. The zero-order chi connectivity index (χ0) is 18.4. The molecule has 1 heterocycles. The SMILES string of the molecule is CCCC(C(=O)NCc1cc(Cl)c2c(c1)OCCCO2)c1ccccc1. The van der Waals surface area contributed by atoms with Crippen LogP contribution in [-0.2, 0) is 11.3 Å². The van der Waals surface area contributed by atoms with Crippen LogP contribution in [0, 0.1) is 0 Å². The summed E-state index contributed by atoms with van der Waals surface area (Å²) in [6.45, 7) is 3.69. The Morgan fingerprint density at radius 2 is 1.96 bits per heavy atom. The molecule has 0 saturated heterocycles. The Morgan fingerprint density at radius 3 is 2.73 bits per heavy atom. The van der Waals surface area contributed by atoms with E-state index in [1.807, 2.05) is 42.5 Å². The number of benzene rings is 2. The average Bonchev–Trinajstić information content (AvgIpc) is 2.91. The van der Waals surface area contributed by atoms with Crippen LogP contribution in [0.4, 0.5) is 0 Å². The standard InChI is InChI=1S/C21H24ClNO3/c1-2-7-17(16-8-4-3-5-9-16)21(24)23-14-15-12-18(22)20-19(13-15)25-10-6-11-26-20/h3-5,8-9,12-13,17H,2,6-7,10-11,14H2,1H3,(H,23,24). The van der Waals surface area contributed by atoms with Crippen molar-refractivity contribution in [3.8, 4) is 11.5 Å². The molecule has 26 heavy (non-hydrogen) atoms. The highest BCUT2D eigenvalue weighted by Gasteiger charge is 2.20. The van der Waals surface area contributed by atoms with Crippen molar-refractivity contribution in [1.29, 1.82) is 0 Å². The molecule has 1 atom stereocenters. The van der Waals surface area contributed by atoms with Crippen molar-refractivity contribution in [3.63, 3.8) is 0 Å². The van der Waals surface area contributed by atoms with E-state index in [1.54, 1.807) is 0 Å². The van der Waals surface area contributed by atoms with Gasteiger partial charge in [-0.3, -0.25) is 4.79 Å². The van der Waals surface area contributed by atoms with Crippen molar-refractivity contribution in [1.82, 2.24) is 5.32 Å². The van der Waals surface area contributed by atoms with Gasteiger partial charge in [-0.15, -0.1) is 0 Å². The van der Waals surface area contributed by atoms with Crippen molar-refractivity contribution < 1.29 is 14.3 Å². The van der Waals surface area contributed by atoms with Gasteiger partial charge in [0.25, 0.3) is 0 Å². The van der Waals surface area contributed by atoms with Crippen molar-refractivity contribution in [2.75, 3.05) is 13.2 Å². The first kappa shape index (κ1) is 18.6. The Bertz CT molecular complexity index is 748. The van der Waals surface area contributed by atoms with Gasteiger partial charge in [-0.25, -0.2) is 0 Å². The van der Waals surface area contributed by atoms with Crippen LogP contribution in [0.1, 0.15) is 43.2 Å². The Morgan fingerprint density at radius 1 is 1.19 bits per heavy atom. The maximum atomic E-state index is 12.7. The van der Waals surface area contributed by atoms with Crippen LogP contribution in [0.15, 0.2) is 42.5 Å². The smallest absolute Gasteiger partial charge is 0.227 e. The second-order valence-corrected chi connectivity index (χ2v) is 6.83. The normalized spacial score (nSPS) is 14.4. The highest BCUT2D eigenvalue weighted by atomic mass is 35.5. The highest BCUT2D eigenvalue weighted by molar-refractivity contribution is 6.32. The Hall–Kier alpha value is -2.20. The summed E-state index contributed by atoms with van der Waals surface area (Å²) in [6.07, 6.45) is 2.59.